The summed E-state index contributed by atoms with van der Waals surface area (Å²) in [6.07, 6.45) is 5.03. The van der Waals surface area contributed by atoms with E-state index >= 15 is 0 Å². The molecule has 0 amide bonds. The summed E-state index contributed by atoms with van der Waals surface area (Å²) in [5, 5.41) is 0. The van der Waals surface area contributed by atoms with Gasteiger partial charge in [0, 0.05) is 6.54 Å². The molecular formula is C10H20FN. The van der Waals surface area contributed by atoms with Gasteiger partial charge in [-0.05, 0) is 24.7 Å². The van der Waals surface area contributed by atoms with Crippen molar-refractivity contribution >= 4 is 0 Å². The molecule has 1 aliphatic rings. The van der Waals surface area contributed by atoms with E-state index < -0.39 is 6.17 Å². The number of alkyl halides is 1. The van der Waals surface area contributed by atoms with E-state index in [1.165, 1.54) is 19.3 Å². The van der Waals surface area contributed by atoms with Crippen LogP contribution in [0.15, 0.2) is 0 Å². The summed E-state index contributed by atoms with van der Waals surface area (Å²) >= 11 is 0. The Morgan fingerprint density at radius 1 is 1.33 bits per heavy atom. The SMILES string of the molecule is CCC1CCC(C(F)CN)CC1. The van der Waals surface area contributed by atoms with Crippen LogP contribution >= 0.6 is 0 Å². The number of rotatable bonds is 3. The predicted octanol–water partition coefficient (Wildman–Crippen LogP) is 2.50. The topological polar surface area (TPSA) is 26.0 Å². The maximum Gasteiger partial charge on any atom is 0.115 e. The van der Waals surface area contributed by atoms with Crippen molar-refractivity contribution in [3.05, 3.63) is 0 Å². The maximum absolute atomic E-state index is 13.1. The summed E-state index contributed by atoms with van der Waals surface area (Å²) in [6.45, 7) is 2.43. The second kappa shape index (κ2) is 4.80. The van der Waals surface area contributed by atoms with E-state index in [1.807, 2.05) is 0 Å². The van der Waals surface area contributed by atoms with Crippen molar-refractivity contribution in [3.63, 3.8) is 0 Å². The zero-order valence-corrected chi connectivity index (χ0v) is 7.93. The molecule has 0 aromatic rings. The van der Waals surface area contributed by atoms with Crippen LogP contribution in [0.1, 0.15) is 39.0 Å². The molecule has 1 unspecified atom stereocenters. The van der Waals surface area contributed by atoms with Crippen molar-refractivity contribution < 1.29 is 4.39 Å². The van der Waals surface area contributed by atoms with Crippen molar-refractivity contribution in [1.82, 2.24) is 0 Å². The van der Waals surface area contributed by atoms with Crippen LogP contribution in [0.2, 0.25) is 0 Å². The fourth-order valence-corrected chi connectivity index (χ4v) is 2.15. The lowest BCUT2D eigenvalue weighted by Crippen LogP contribution is -2.28. The first-order valence-corrected chi connectivity index (χ1v) is 5.12. The monoisotopic (exact) mass is 173 g/mol. The molecule has 2 N–H and O–H groups in total. The molecule has 0 aromatic carbocycles. The number of hydrogen-bond donors (Lipinski definition) is 1. The predicted molar refractivity (Wildman–Crippen MR) is 49.7 cm³/mol. The number of nitrogens with two attached hydrogens (primary N) is 1. The first-order chi connectivity index (χ1) is 5.77. The minimum Gasteiger partial charge on any atom is -0.328 e. The molecule has 0 aliphatic heterocycles. The zero-order valence-electron chi connectivity index (χ0n) is 7.93. The quantitative estimate of drug-likeness (QED) is 0.697. The summed E-state index contributed by atoms with van der Waals surface area (Å²) < 4.78 is 13.1. The molecule has 0 aromatic heterocycles. The lowest BCUT2D eigenvalue weighted by molar-refractivity contribution is 0.159. The third-order valence-electron chi connectivity index (χ3n) is 3.21. The van der Waals surface area contributed by atoms with Gasteiger partial charge >= 0.3 is 0 Å². The highest BCUT2D eigenvalue weighted by atomic mass is 19.1. The first kappa shape index (κ1) is 9.97. The third-order valence-corrected chi connectivity index (χ3v) is 3.21. The molecule has 1 atom stereocenters. The summed E-state index contributed by atoms with van der Waals surface area (Å²) in [4.78, 5) is 0. The summed E-state index contributed by atoms with van der Waals surface area (Å²) in [7, 11) is 0. The Labute approximate surface area is 74.5 Å². The van der Waals surface area contributed by atoms with Gasteiger partial charge in [-0.15, -0.1) is 0 Å². The van der Waals surface area contributed by atoms with E-state index in [-0.39, 0.29) is 12.5 Å². The molecule has 1 saturated carbocycles. The summed E-state index contributed by atoms with van der Waals surface area (Å²) in [6, 6.07) is 0. The van der Waals surface area contributed by atoms with Gasteiger partial charge in [0.15, 0.2) is 0 Å². The van der Waals surface area contributed by atoms with Gasteiger partial charge in [0.05, 0.1) is 0 Å². The second-order valence-electron chi connectivity index (χ2n) is 3.94. The fourth-order valence-electron chi connectivity index (χ4n) is 2.15. The van der Waals surface area contributed by atoms with Crippen LogP contribution in [0.25, 0.3) is 0 Å². The van der Waals surface area contributed by atoms with E-state index in [0.717, 1.165) is 18.8 Å². The molecule has 1 aliphatic carbocycles. The molecule has 0 spiro atoms. The molecule has 72 valence electrons. The van der Waals surface area contributed by atoms with E-state index in [2.05, 4.69) is 6.92 Å². The second-order valence-corrected chi connectivity index (χ2v) is 3.94. The summed E-state index contributed by atoms with van der Waals surface area (Å²) in [5.74, 6) is 1.11. The maximum atomic E-state index is 13.1. The largest absolute Gasteiger partial charge is 0.328 e. The minimum atomic E-state index is -0.747. The number of halogens is 1. The van der Waals surface area contributed by atoms with Crippen molar-refractivity contribution in [2.24, 2.45) is 17.6 Å². The highest BCUT2D eigenvalue weighted by molar-refractivity contribution is 4.77. The average Bonchev–Trinajstić information content (AvgIpc) is 2.17. The molecule has 0 heterocycles. The Kier molecular flexibility index (Phi) is 3.99. The smallest absolute Gasteiger partial charge is 0.115 e. The van der Waals surface area contributed by atoms with Gasteiger partial charge in [-0.1, -0.05) is 26.2 Å². The Balaban J connectivity index is 2.25. The lowest BCUT2D eigenvalue weighted by atomic mass is 9.79. The van der Waals surface area contributed by atoms with Crippen LogP contribution in [0.3, 0.4) is 0 Å². The normalized spacial score (nSPS) is 33.2. The lowest BCUT2D eigenvalue weighted by Gasteiger charge is -2.29. The van der Waals surface area contributed by atoms with Gasteiger partial charge < -0.3 is 5.73 Å². The zero-order chi connectivity index (χ0) is 8.97. The fraction of sp³-hybridized carbons (Fsp3) is 1.00. The van der Waals surface area contributed by atoms with Crippen LogP contribution < -0.4 is 5.73 Å². The van der Waals surface area contributed by atoms with Crippen LogP contribution in [0.5, 0.6) is 0 Å². The Morgan fingerprint density at radius 2 is 1.92 bits per heavy atom. The van der Waals surface area contributed by atoms with Gasteiger partial charge in [0.25, 0.3) is 0 Å². The molecule has 12 heavy (non-hydrogen) atoms. The molecule has 1 rings (SSSR count). The highest BCUT2D eigenvalue weighted by Crippen LogP contribution is 2.33. The van der Waals surface area contributed by atoms with Gasteiger partial charge in [-0.3, -0.25) is 0 Å². The van der Waals surface area contributed by atoms with Crippen LogP contribution in [0, 0.1) is 11.8 Å². The highest BCUT2D eigenvalue weighted by Gasteiger charge is 2.25. The van der Waals surface area contributed by atoms with Crippen LogP contribution in [0.4, 0.5) is 4.39 Å². The minimum absolute atomic E-state index is 0.210. The van der Waals surface area contributed by atoms with Gasteiger partial charge in [-0.25, -0.2) is 4.39 Å². The standard InChI is InChI=1S/C10H20FN/c1-2-8-3-5-9(6-4-8)10(11)7-12/h8-10H,2-7,12H2,1H3. The molecule has 0 saturated heterocycles. The molecule has 1 fully saturated rings. The van der Waals surface area contributed by atoms with Crippen molar-refractivity contribution in [2.75, 3.05) is 6.54 Å². The van der Waals surface area contributed by atoms with E-state index in [0.29, 0.717) is 0 Å². The van der Waals surface area contributed by atoms with Gasteiger partial charge in [0.1, 0.15) is 6.17 Å². The molecule has 2 heteroatoms. The molecule has 0 bridgehead atoms. The van der Waals surface area contributed by atoms with Crippen molar-refractivity contribution in [3.8, 4) is 0 Å². The molecule has 1 nitrogen and oxygen atoms in total. The Hall–Kier alpha value is -0.110. The van der Waals surface area contributed by atoms with E-state index in [1.54, 1.807) is 0 Å². The summed E-state index contributed by atoms with van der Waals surface area (Å²) in [5.41, 5.74) is 5.30. The Morgan fingerprint density at radius 3 is 2.33 bits per heavy atom. The van der Waals surface area contributed by atoms with E-state index in [4.69, 9.17) is 5.73 Å². The Bertz CT molecular complexity index is 119. The van der Waals surface area contributed by atoms with E-state index in [9.17, 15) is 4.39 Å². The van der Waals surface area contributed by atoms with Gasteiger partial charge in [-0.2, -0.15) is 0 Å². The van der Waals surface area contributed by atoms with Crippen LogP contribution in [-0.4, -0.2) is 12.7 Å². The van der Waals surface area contributed by atoms with Crippen molar-refractivity contribution in [1.29, 1.82) is 0 Å². The van der Waals surface area contributed by atoms with Gasteiger partial charge in [0.2, 0.25) is 0 Å². The van der Waals surface area contributed by atoms with Crippen LogP contribution in [-0.2, 0) is 0 Å². The third kappa shape index (κ3) is 2.44. The number of hydrogen-bond acceptors (Lipinski definition) is 1. The van der Waals surface area contributed by atoms with Crippen molar-refractivity contribution in [2.45, 2.75) is 45.2 Å². The average molecular weight is 173 g/mol. The molecular weight excluding hydrogens is 153 g/mol. The molecule has 0 radical (unpaired) electrons. The first-order valence-electron chi connectivity index (χ1n) is 5.12.